The minimum absolute atomic E-state index is 0.268. The van der Waals surface area contributed by atoms with Crippen LogP contribution in [0.3, 0.4) is 0 Å². The van der Waals surface area contributed by atoms with Gasteiger partial charge in [-0.05, 0) is 38.8 Å². The van der Waals surface area contributed by atoms with Crippen molar-refractivity contribution >= 4 is 17.7 Å². The molecule has 1 aliphatic heterocycles. The molecule has 0 unspecified atom stereocenters. The highest BCUT2D eigenvalue weighted by atomic mass is 32.2. The highest BCUT2D eigenvalue weighted by Crippen LogP contribution is 2.31. The van der Waals surface area contributed by atoms with Crippen molar-refractivity contribution in [1.82, 2.24) is 19.7 Å². The Morgan fingerprint density at radius 2 is 2.08 bits per heavy atom. The van der Waals surface area contributed by atoms with Crippen molar-refractivity contribution in [2.75, 3.05) is 19.6 Å². The van der Waals surface area contributed by atoms with Gasteiger partial charge in [0, 0.05) is 24.3 Å². The maximum absolute atomic E-state index is 11.3. The SMILES string of the molecule is CC(C)n1c(SCc2ccccc2)nnc1[C@H]1CCCN(CC(N)=O)C1. The fourth-order valence-electron chi connectivity index (χ4n) is 3.50. The van der Waals surface area contributed by atoms with E-state index in [4.69, 9.17) is 5.73 Å². The number of thioether (sulfide) groups is 1. The number of benzene rings is 1. The van der Waals surface area contributed by atoms with E-state index in [0.29, 0.717) is 18.5 Å². The van der Waals surface area contributed by atoms with Crippen molar-refractivity contribution in [2.24, 2.45) is 5.73 Å². The molecule has 1 saturated heterocycles. The number of hydrogen-bond donors (Lipinski definition) is 1. The zero-order valence-electron chi connectivity index (χ0n) is 15.5. The standard InChI is InChI=1S/C19H27N5OS/c1-14(2)24-18(16-9-6-10-23(11-16)12-17(20)25)21-22-19(24)26-13-15-7-4-3-5-8-15/h3-5,7-8,14,16H,6,9-13H2,1-2H3,(H2,20,25)/t16-/m0/s1. The Morgan fingerprint density at radius 3 is 2.77 bits per heavy atom. The van der Waals surface area contributed by atoms with Crippen molar-refractivity contribution in [1.29, 1.82) is 0 Å². The van der Waals surface area contributed by atoms with Gasteiger partial charge in [-0.15, -0.1) is 10.2 Å². The molecule has 1 aliphatic rings. The number of likely N-dealkylation sites (tertiary alicyclic amines) is 1. The number of nitrogens with two attached hydrogens (primary N) is 1. The number of carbonyl (C=O) groups excluding carboxylic acids is 1. The van der Waals surface area contributed by atoms with Crippen molar-refractivity contribution < 1.29 is 4.79 Å². The van der Waals surface area contributed by atoms with Gasteiger partial charge < -0.3 is 10.3 Å². The van der Waals surface area contributed by atoms with Gasteiger partial charge in [-0.2, -0.15) is 0 Å². The van der Waals surface area contributed by atoms with Crippen LogP contribution in [0.25, 0.3) is 0 Å². The summed E-state index contributed by atoms with van der Waals surface area (Å²) in [5, 5.41) is 9.98. The predicted molar refractivity (Wildman–Crippen MR) is 104 cm³/mol. The molecule has 0 radical (unpaired) electrons. The Labute approximate surface area is 159 Å². The molecule has 7 heteroatoms. The maximum Gasteiger partial charge on any atom is 0.231 e. The van der Waals surface area contributed by atoms with Crippen LogP contribution in [0.15, 0.2) is 35.5 Å². The molecule has 1 fully saturated rings. The second-order valence-corrected chi connectivity index (χ2v) is 8.06. The van der Waals surface area contributed by atoms with E-state index in [1.165, 1.54) is 5.56 Å². The number of nitrogens with zero attached hydrogens (tertiary/aromatic N) is 4. The second-order valence-electron chi connectivity index (χ2n) is 7.12. The lowest BCUT2D eigenvalue weighted by Crippen LogP contribution is -2.40. The highest BCUT2D eigenvalue weighted by Gasteiger charge is 2.28. The van der Waals surface area contributed by atoms with Crippen molar-refractivity contribution in [2.45, 2.75) is 49.6 Å². The van der Waals surface area contributed by atoms with Crippen molar-refractivity contribution in [3.63, 3.8) is 0 Å². The predicted octanol–water partition coefficient (Wildman–Crippen LogP) is 2.82. The molecule has 1 aromatic heterocycles. The minimum Gasteiger partial charge on any atom is -0.369 e. The first-order valence-electron chi connectivity index (χ1n) is 9.16. The molecular formula is C19H27N5OS. The lowest BCUT2D eigenvalue weighted by atomic mass is 9.97. The van der Waals surface area contributed by atoms with E-state index in [1.54, 1.807) is 11.8 Å². The summed E-state index contributed by atoms with van der Waals surface area (Å²) < 4.78 is 2.26. The van der Waals surface area contributed by atoms with Crippen LogP contribution in [-0.4, -0.2) is 45.2 Å². The van der Waals surface area contributed by atoms with Crippen LogP contribution in [0.4, 0.5) is 0 Å². The van der Waals surface area contributed by atoms with E-state index in [-0.39, 0.29) is 5.91 Å². The molecule has 3 rings (SSSR count). The van der Waals surface area contributed by atoms with Crippen LogP contribution in [0, 0.1) is 0 Å². The van der Waals surface area contributed by atoms with Gasteiger partial charge >= 0.3 is 0 Å². The normalized spacial score (nSPS) is 18.3. The fraction of sp³-hybridized carbons (Fsp3) is 0.526. The number of aromatic nitrogens is 3. The van der Waals surface area contributed by atoms with Crippen molar-refractivity contribution in [3.8, 4) is 0 Å². The van der Waals surface area contributed by atoms with Gasteiger partial charge in [0.1, 0.15) is 5.82 Å². The monoisotopic (exact) mass is 373 g/mol. The third kappa shape index (κ3) is 4.65. The fourth-order valence-corrected chi connectivity index (χ4v) is 4.53. The molecule has 1 atom stereocenters. The molecule has 0 aliphatic carbocycles. The molecule has 2 N–H and O–H groups in total. The average molecular weight is 374 g/mol. The summed E-state index contributed by atoms with van der Waals surface area (Å²) >= 11 is 1.73. The summed E-state index contributed by atoms with van der Waals surface area (Å²) in [6.07, 6.45) is 2.12. The Balaban J connectivity index is 1.75. The average Bonchev–Trinajstić information content (AvgIpc) is 3.05. The van der Waals surface area contributed by atoms with Gasteiger partial charge in [-0.1, -0.05) is 42.1 Å². The maximum atomic E-state index is 11.3. The van der Waals surface area contributed by atoms with Crippen LogP contribution in [0.1, 0.15) is 50.0 Å². The van der Waals surface area contributed by atoms with E-state index in [9.17, 15) is 4.79 Å². The molecular weight excluding hydrogens is 346 g/mol. The first-order valence-corrected chi connectivity index (χ1v) is 10.2. The quantitative estimate of drug-likeness (QED) is 0.755. The molecule has 140 valence electrons. The summed E-state index contributed by atoms with van der Waals surface area (Å²) in [5.74, 6) is 1.94. The van der Waals surface area contributed by atoms with Gasteiger partial charge in [0.2, 0.25) is 5.91 Å². The third-order valence-electron chi connectivity index (χ3n) is 4.67. The molecule has 2 aromatic rings. The lowest BCUT2D eigenvalue weighted by Gasteiger charge is -2.32. The minimum atomic E-state index is -0.268. The Kier molecular flexibility index (Phi) is 6.32. The van der Waals surface area contributed by atoms with E-state index in [0.717, 1.165) is 42.7 Å². The molecule has 2 heterocycles. The molecule has 0 bridgehead atoms. The zero-order chi connectivity index (χ0) is 18.5. The zero-order valence-corrected chi connectivity index (χ0v) is 16.3. The van der Waals surface area contributed by atoms with Crippen LogP contribution < -0.4 is 5.73 Å². The third-order valence-corrected chi connectivity index (χ3v) is 5.68. The van der Waals surface area contributed by atoms with Gasteiger partial charge in [0.25, 0.3) is 0 Å². The van der Waals surface area contributed by atoms with Crippen LogP contribution >= 0.6 is 11.8 Å². The molecule has 6 nitrogen and oxygen atoms in total. The van der Waals surface area contributed by atoms with Gasteiger partial charge in [0.15, 0.2) is 5.16 Å². The van der Waals surface area contributed by atoms with E-state index in [1.807, 2.05) is 6.07 Å². The smallest absolute Gasteiger partial charge is 0.231 e. The first kappa shape index (κ1) is 18.9. The molecule has 1 aromatic carbocycles. The Hall–Kier alpha value is -1.86. The largest absolute Gasteiger partial charge is 0.369 e. The molecule has 0 saturated carbocycles. The molecule has 1 amide bonds. The number of amides is 1. The summed E-state index contributed by atoms with van der Waals surface area (Å²) in [4.78, 5) is 13.4. The molecule has 0 spiro atoms. The number of primary amides is 1. The molecule has 26 heavy (non-hydrogen) atoms. The summed E-state index contributed by atoms with van der Waals surface area (Å²) in [5.41, 5.74) is 6.65. The highest BCUT2D eigenvalue weighted by molar-refractivity contribution is 7.98. The van der Waals surface area contributed by atoms with E-state index < -0.39 is 0 Å². The van der Waals surface area contributed by atoms with Gasteiger partial charge in [-0.3, -0.25) is 9.69 Å². The Morgan fingerprint density at radius 1 is 1.31 bits per heavy atom. The Bertz CT molecular complexity index is 731. The number of piperidine rings is 1. The summed E-state index contributed by atoms with van der Waals surface area (Å²) in [6.45, 7) is 6.40. The number of hydrogen-bond acceptors (Lipinski definition) is 5. The van der Waals surface area contributed by atoms with E-state index >= 15 is 0 Å². The topological polar surface area (TPSA) is 77.0 Å². The summed E-state index contributed by atoms with van der Waals surface area (Å²) in [7, 11) is 0. The first-order chi connectivity index (χ1) is 12.5. The van der Waals surface area contributed by atoms with Crippen LogP contribution in [-0.2, 0) is 10.5 Å². The van der Waals surface area contributed by atoms with Crippen LogP contribution in [0.5, 0.6) is 0 Å². The van der Waals surface area contributed by atoms with Crippen molar-refractivity contribution in [3.05, 3.63) is 41.7 Å². The van der Waals surface area contributed by atoms with Crippen LogP contribution in [0.2, 0.25) is 0 Å². The van der Waals surface area contributed by atoms with Gasteiger partial charge in [-0.25, -0.2) is 0 Å². The summed E-state index contributed by atoms with van der Waals surface area (Å²) in [6, 6.07) is 10.7. The van der Waals surface area contributed by atoms with Gasteiger partial charge in [0.05, 0.1) is 6.54 Å². The van der Waals surface area contributed by atoms with E-state index in [2.05, 4.69) is 57.8 Å². The number of rotatable bonds is 7. The second kappa shape index (κ2) is 8.68. The lowest BCUT2D eigenvalue weighted by molar-refractivity contribution is -0.119. The number of carbonyl (C=O) groups is 1.